The number of aromatic nitrogens is 1. The van der Waals surface area contributed by atoms with E-state index in [0.717, 1.165) is 40.2 Å². The summed E-state index contributed by atoms with van der Waals surface area (Å²) in [6.07, 6.45) is 2.38. The largest absolute Gasteiger partial charge is 0.440 e. The van der Waals surface area contributed by atoms with Crippen LogP contribution in [0.3, 0.4) is 0 Å². The molecule has 1 aromatic heterocycles. The highest BCUT2D eigenvalue weighted by Crippen LogP contribution is 2.22. The minimum Gasteiger partial charge on any atom is -0.440 e. The van der Waals surface area contributed by atoms with Gasteiger partial charge in [0, 0.05) is 35.8 Å². The number of oxazole rings is 1. The van der Waals surface area contributed by atoms with E-state index in [9.17, 15) is 4.79 Å². The number of hydrogen-bond acceptors (Lipinski definition) is 6. The second kappa shape index (κ2) is 6.49. The molecule has 6 nitrogen and oxygen atoms in total. The molecule has 0 saturated carbocycles. The SMILES string of the molecule is O=C1C=C(N2CCOCC2)N=C(Cc2nc3ccc(Br)cc3o2)C1. The van der Waals surface area contributed by atoms with Crippen molar-refractivity contribution < 1.29 is 13.9 Å². The Kier molecular flexibility index (Phi) is 4.20. The van der Waals surface area contributed by atoms with Crippen LogP contribution in [-0.2, 0) is 16.0 Å². The molecular formula is C17H16BrN3O3. The second-order valence-corrected chi connectivity index (χ2v) is 6.74. The number of benzene rings is 1. The fourth-order valence-corrected chi connectivity index (χ4v) is 3.22. The van der Waals surface area contributed by atoms with Crippen LogP contribution in [0.4, 0.5) is 0 Å². The molecule has 0 radical (unpaired) electrons. The molecule has 0 unspecified atom stereocenters. The fourth-order valence-electron chi connectivity index (χ4n) is 2.88. The fraction of sp³-hybridized carbons (Fsp3) is 0.353. The van der Waals surface area contributed by atoms with Gasteiger partial charge in [-0.2, -0.15) is 0 Å². The topological polar surface area (TPSA) is 67.9 Å². The molecule has 1 fully saturated rings. The minimum absolute atomic E-state index is 0.0698. The van der Waals surface area contributed by atoms with Crippen LogP contribution >= 0.6 is 15.9 Å². The van der Waals surface area contributed by atoms with Crippen molar-refractivity contribution in [2.24, 2.45) is 4.99 Å². The van der Waals surface area contributed by atoms with Crippen molar-refractivity contribution >= 4 is 38.5 Å². The monoisotopic (exact) mass is 389 g/mol. The number of morpholine rings is 1. The summed E-state index contributed by atoms with van der Waals surface area (Å²) < 4.78 is 12.1. The predicted molar refractivity (Wildman–Crippen MR) is 92.9 cm³/mol. The van der Waals surface area contributed by atoms with Crippen molar-refractivity contribution in [3.05, 3.63) is 40.5 Å². The molecule has 3 heterocycles. The van der Waals surface area contributed by atoms with Crippen molar-refractivity contribution in [2.75, 3.05) is 26.3 Å². The molecule has 0 spiro atoms. The van der Waals surface area contributed by atoms with Gasteiger partial charge in [0.05, 0.1) is 19.6 Å². The molecule has 1 aromatic carbocycles. The Hall–Kier alpha value is -1.99. The quantitative estimate of drug-likeness (QED) is 0.806. The van der Waals surface area contributed by atoms with Gasteiger partial charge in [0.1, 0.15) is 11.3 Å². The zero-order chi connectivity index (χ0) is 16.5. The third-order valence-corrected chi connectivity index (χ3v) is 4.52. The molecular weight excluding hydrogens is 374 g/mol. The summed E-state index contributed by atoms with van der Waals surface area (Å²) >= 11 is 3.42. The van der Waals surface area contributed by atoms with E-state index in [1.165, 1.54) is 0 Å². The van der Waals surface area contributed by atoms with E-state index >= 15 is 0 Å². The van der Waals surface area contributed by atoms with E-state index in [1.807, 2.05) is 18.2 Å². The van der Waals surface area contributed by atoms with Gasteiger partial charge in [0.15, 0.2) is 11.4 Å². The summed E-state index contributed by atoms with van der Waals surface area (Å²) in [6.45, 7) is 2.84. The molecule has 0 bridgehead atoms. The summed E-state index contributed by atoms with van der Waals surface area (Å²) in [4.78, 5) is 23.3. The van der Waals surface area contributed by atoms with Gasteiger partial charge in [-0.1, -0.05) is 15.9 Å². The lowest BCUT2D eigenvalue weighted by molar-refractivity contribution is -0.113. The standard InChI is InChI=1S/C17H16BrN3O3/c18-11-1-2-14-15(7-11)24-17(20-14)9-12-8-13(22)10-16(19-12)21-3-5-23-6-4-21/h1-2,7,10H,3-6,8-9H2. The van der Waals surface area contributed by atoms with Gasteiger partial charge in [-0.3, -0.25) is 4.79 Å². The third-order valence-electron chi connectivity index (χ3n) is 4.03. The highest BCUT2D eigenvalue weighted by molar-refractivity contribution is 9.10. The van der Waals surface area contributed by atoms with E-state index in [0.29, 0.717) is 31.9 Å². The minimum atomic E-state index is 0.0698. The van der Waals surface area contributed by atoms with E-state index in [2.05, 4.69) is 30.8 Å². The first-order valence-corrected chi connectivity index (χ1v) is 8.65. The van der Waals surface area contributed by atoms with Crippen LogP contribution in [0.2, 0.25) is 0 Å². The summed E-state index contributed by atoms with van der Waals surface area (Å²) in [5.74, 6) is 1.38. The van der Waals surface area contributed by atoms with Crippen molar-refractivity contribution in [3.8, 4) is 0 Å². The Bertz CT molecular complexity index is 850. The third kappa shape index (κ3) is 3.27. The summed E-state index contributed by atoms with van der Waals surface area (Å²) in [6, 6.07) is 5.72. The average Bonchev–Trinajstić information content (AvgIpc) is 2.96. The van der Waals surface area contributed by atoms with Gasteiger partial charge in [0.2, 0.25) is 5.89 Å². The molecule has 1 saturated heterocycles. The van der Waals surface area contributed by atoms with Gasteiger partial charge in [-0.15, -0.1) is 0 Å². The van der Waals surface area contributed by atoms with Crippen LogP contribution in [0.15, 0.2) is 44.0 Å². The number of allylic oxidation sites excluding steroid dienone is 1. The number of halogens is 1. The normalized spacial score (nSPS) is 18.7. The van der Waals surface area contributed by atoms with Gasteiger partial charge in [0.25, 0.3) is 0 Å². The van der Waals surface area contributed by atoms with E-state index in [-0.39, 0.29) is 5.78 Å². The van der Waals surface area contributed by atoms with E-state index in [4.69, 9.17) is 9.15 Å². The predicted octanol–water partition coefficient (Wildman–Crippen LogP) is 2.72. The molecule has 2 aliphatic rings. The van der Waals surface area contributed by atoms with Crippen molar-refractivity contribution in [1.82, 2.24) is 9.88 Å². The first-order valence-electron chi connectivity index (χ1n) is 7.86. The number of rotatable bonds is 3. The lowest BCUT2D eigenvalue weighted by Gasteiger charge is -2.30. The number of carbonyl (C=O) groups excluding carboxylic acids is 1. The number of aliphatic imine (C=N–C) groups is 1. The Labute approximate surface area is 147 Å². The van der Waals surface area contributed by atoms with E-state index in [1.54, 1.807) is 6.08 Å². The van der Waals surface area contributed by atoms with Gasteiger partial charge in [-0.05, 0) is 18.2 Å². The number of ether oxygens (including phenoxy) is 1. The van der Waals surface area contributed by atoms with Crippen LogP contribution < -0.4 is 0 Å². The molecule has 2 aromatic rings. The number of hydrogen-bond donors (Lipinski definition) is 0. The lowest BCUT2D eigenvalue weighted by atomic mass is 10.1. The maximum atomic E-state index is 12.1. The summed E-state index contributed by atoms with van der Waals surface area (Å²) in [5, 5.41) is 0. The van der Waals surface area contributed by atoms with Gasteiger partial charge >= 0.3 is 0 Å². The molecule has 2 aliphatic heterocycles. The maximum Gasteiger partial charge on any atom is 0.201 e. The van der Waals surface area contributed by atoms with Crippen LogP contribution in [0.1, 0.15) is 12.3 Å². The highest BCUT2D eigenvalue weighted by atomic mass is 79.9. The van der Waals surface area contributed by atoms with Crippen LogP contribution in [-0.4, -0.2) is 47.7 Å². The van der Waals surface area contributed by atoms with Gasteiger partial charge in [-0.25, -0.2) is 9.98 Å². The molecule has 0 N–H and O–H groups in total. The van der Waals surface area contributed by atoms with Crippen LogP contribution in [0, 0.1) is 0 Å². The number of nitrogens with zero attached hydrogens (tertiary/aromatic N) is 3. The van der Waals surface area contributed by atoms with Crippen LogP contribution in [0.25, 0.3) is 11.1 Å². The Morgan fingerprint density at radius 2 is 2.08 bits per heavy atom. The summed E-state index contributed by atoms with van der Waals surface area (Å²) in [5.41, 5.74) is 2.32. The van der Waals surface area contributed by atoms with Crippen molar-refractivity contribution in [2.45, 2.75) is 12.8 Å². The molecule has 0 amide bonds. The van der Waals surface area contributed by atoms with E-state index < -0.39 is 0 Å². The van der Waals surface area contributed by atoms with Crippen LogP contribution in [0.5, 0.6) is 0 Å². The molecule has 7 heteroatoms. The number of fused-ring (bicyclic) bond motifs is 1. The number of ketones is 1. The second-order valence-electron chi connectivity index (χ2n) is 5.82. The molecule has 4 rings (SSSR count). The highest BCUT2D eigenvalue weighted by Gasteiger charge is 2.21. The van der Waals surface area contributed by atoms with Crippen molar-refractivity contribution in [3.63, 3.8) is 0 Å². The maximum absolute atomic E-state index is 12.1. The Morgan fingerprint density at radius 1 is 1.25 bits per heavy atom. The first kappa shape index (κ1) is 15.5. The summed E-state index contributed by atoms with van der Waals surface area (Å²) in [7, 11) is 0. The number of carbonyl (C=O) groups is 1. The smallest absolute Gasteiger partial charge is 0.201 e. The lowest BCUT2D eigenvalue weighted by Crippen LogP contribution is -2.36. The first-order chi connectivity index (χ1) is 11.7. The average molecular weight is 390 g/mol. The zero-order valence-corrected chi connectivity index (χ0v) is 14.6. The molecule has 0 atom stereocenters. The van der Waals surface area contributed by atoms with Gasteiger partial charge < -0.3 is 14.1 Å². The molecule has 124 valence electrons. The zero-order valence-electron chi connectivity index (χ0n) is 13.0. The Morgan fingerprint density at radius 3 is 2.92 bits per heavy atom. The Balaban J connectivity index is 1.56. The molecule has 0 aliphatic carbocycles. The molecule has 24 heavy (non-hydrogen) atoms. The van der Waals surface area contributed by atoms with Crippen molar-refractivity contribution in [1.29, 1.82) is 0 Å².